The Bertz CT molecular complexity index is 491. The summed E-state index contributed by atoms with van der Waals surface area (Å²) in [7, 11) is 1.95. The summed E-state index contributed by atoms with van der Waals surface area (Å²) in [5.74, 6) is 1.72. The average Bonchev–Trinajstić information content (AvgIpc) is 2.72. The second-order valence-corrected chi connectivity index (χ2v) is 4.07. The lowest BCUT2D eigenvalue weighted by molar-refractivity contribution is 0.287. The van der Waals surface area contributed by atoms with Crippen molar-refractivity contribution in [3.63, 3.8) is 0 Å². The minimum Gasteiger partial charge on any atom is -0.485 e. The van der Waals surface area contributed by atoms with Crippen molar-refractivity contribution in [2.75, 3.05) is 0 Å². The molecule has 17 heavy (non-hydrogen) atoms. The molecule has 1 atom stereocenters. The number of ether oxygens (including phenoxy) is 1. The zero-order valence-electron chi connectivity index (χ0n) is 10.1. The van der Waals surface area contributed by atoms with E-state index in [1.54, 1.807) is 6.20 Å². The molecule has 0 amide bonds. The smallest absolute Gasteiger partial charge is 0.146 e. The number of imidazole rings is 1. The predicted octanol–water partition coefficient (Wildman–Crippen LogP) is 2.02. The van der Waals surface area contributed by atoms with Gasteiger partial charge in [0.1, 0.15) is 18.2 Å². The molecular weight excluding hydrogens is 214 g/mol. The molecule has 0 unspecified atom stereocenters. The van der Waals surface area contributed by atoms with Gasteiger partial charge in [0.05, 0.1) is 0 Å². The van der Waals surface area contributed by atoms with Crippen molar-refractivity contribution >= 4 is 0 Å². The Morgan fingerprint density at radius 1 is 1.41 bits per heavy atom. The SMILES string of the molecule is C[C@H](N)c1ccccc1OCc1nccn1C. The van der Waals surface area contributed by atoms with Gasteiger partial charge in [0, 0.05) is 31.0 Å². The van der Waals surface area contributed by atoms with Crippen molar-refractivity contribution in [2.45, 2.75) is 19.6 Å². The minimum absolute atomic E-state index is 0.0347. The Kier molecular flexibility index (Phi) is 3.44. The van der Waals surface area contributed by atoms with Gasteiger partial charge in [-0.25, -0.2) is 4.98 Å². The summed E-state index contributed by atoms with van der Waals surface area (Å²) < 4.78 is 7.70. The average molecular weight is 231 g/mol. The molecule has 1 aromatic heterocycles. The lowest BCUT2D eigenvalue weighted by Crippen LogP contribution is -2.09. The van der Waals surface area contributed by atoms with Crippen molar-refractivity contribution in [3.05, 3.63) is 48.0 Å². The highest BCUT2D eigenvalue weighted by Gasteiger charge is 2.08. The van der Waals surface area contributed by atoms with Crippen molar-refractivity contribution in [2.24, 2.45) is 12.8 Å². The highest BCUT2D eigenvalue weighted by Crippen LogP contribution is 2.23. The first-order valence-electron chi connectivity index (χ1n) is 5.62. The molecule has 0 bridgehead atoms. The number of benzene rings is 1. The first-order chi connectivity index (χ1) is 8.18. The van der Waals surface area contributed by atoms with Crippen LogP contribution < -0.4 is 10.5 Å². The summed E-state index contributed by atoms with van der Waals surface area (Å²) in [5.41, 5.74) is 6.91. The van der Waals surface area contributed by atoms with Gasteiger partial charge in [-0.2, -0.15) is 0 Å². The minimum atomic E-state index is -0.0347. The van der Waals surface area contributed by atoms with E-state index in [9.17, 15) is 0 Å². The van der Waals surface area contributed by atoms with E-state index in [0.717, 1.165) is 17.1 Å². The fraction of sp³-hybridized carbons (Fsp3) is 0.308. The first-order valence-corrected chi connectivity index (χ1v) is 5.62. The van der Waals surface area contributed by atoms with Gasteiger partial charge in [0.2, 0.25) is 0 Å². The van der Waals surface area contributed by atoms with Crippen LogP contribution in [0.25, 0.3) is 0 Å². The fourth-order valence-electron chi connectivity index (χ4n) is 1.67. The van der Waals surface area contributed by atoms with Crippen LogP contribution in [0.2, 0.25) is 0 Å². The molecule has 4 heteroatoms. The number of nitrogens with two attached hydrogens (primary N) is 1. The zero-order chi connectivity index (χ0) is 12.3. The maximum atomic E-state index is 5.89. The second-order valence-electron chi connectivity index (χ2n) is 4.07. The molecule has 1 aromatic carbocycles. The van der Waals surface area contributed by atoms with Crippen molar-refractivity contribution in [1.82, 2.24) is 9.55 Å². The van der Waals surface area contributed by atoms with Gasteiger partial charge in [-0.05, 0) is 13.0 Å². The molecule has 2 aromatic rings. The van der Waals surface area contributed by atoms with Crippen LogP contribution in [0.1, 0.15) is 24.4 Å². The Morgan fingerprint density at radius 2 is 2.18 bits per heavy atom. The molecule has 0 saturated carbocycles. The number of para-hydroxylation sites is 1. The van der Waals surface area contributed by atoms with E-state index in [1.807, 2.05) is 49.0 Å². The second kappa shape index (κ2) is 5.01. The van der Waals surface area contributed by atoms with Crippen molar-refractivity contribution in [1.29, 1.82) is 0 Å². The highest BCUT2D eigenvalue weighted by atomic mass is 16.5. The van der Waals surface area contributed by atoms with Crippen LogP contribution in [0.15, 0.2) is 36.7 Å². The molecule has 0 fully saturated rings. The van der Waals surface area contributed by atoms with Gasteiger partial charge in [-0.15, -0.1) is 0 Å². The summed E-state index contributed by atoms with van der Waals surface area (Å²) in [6.07, 6.45) is 3.66. The number of nitrogens with zero attached hydrogens (tertiary/aromatic N) is 2. The Balaban J connectivity index is 2.11. The lowest BCUT2D eigenvalue weighted by atomic mass is 10.1. The Morgan fingerprint density at radius 3 is 2.82 bits per heavy atom. The Hall–Kier alpha value is -1.81. The molecule has 0 aliphatic rings. The molecule has 0 aliphatic heterocycles. The number of hydrogen-bond donors (Lipinski definition) is 1. The molecule has 4 nitrogen and oxygen atoms in total. The summed E-state index contributed by atoms with van der Waals surface area (Å²) in [6.45, 7) is 2.40. The van der Waals surface area contributed by atoms with E-state index < -0.39 is 0 Å². The molecule has 0 spiro atoms. The van der Waals surface area contributed by atoms with Gasteiger partial charge in [-0.3, -0.25) is 0 Å². The van der Waals surface area contributed by atoms with Crippen LogP contribution in [-0.2, 0) is 13.7 Å². The molecule has 0 radical (unpaired) electrons. The zero-order valence-corrected chi connectivity index (χ0v) is 10.1. The molecule has 0 aliphatic carbocycles. The van der Waals surface area contributed by atoms with Crippen LogP contribution >= 0.6 is 0 Å². The van der Waals surface area contributed by atoms with E-state index in [1.165, 1.54) is 0 Å². The van der Waals surface area contributed by atoms with Crippen LogP contribution in [0.5, 0.6) is 5.75 Å². The third kappa shape index (κ3) is 2.65. The van der Waals surface area contributed by atoms with Crippen LogP contribution in [0.4, 0.5) is 0 Å². The molecule has 2 N–H and O–H groups in total. The maximum absolute atomic E-state index is 5.89. The normalized spacial score (nSPS) is 12.4. The maximum Gasteiger partial charge on any atom is 0.146 e. The van der Waals surface area contributed by atoms with E-state index in [4.69, 9.17) is 10.5 Å². The first kappa shape index (κ1) is 11.7. The molecule has 2 rings (SSSR count). The Labute approximate surface area is 101 Å². The van der Waals surface area contributed by atoms with E-state index in [-0.39, 0.29) is 6.04 Å². The fourth-order valence-corrected chi connectivity index (χ4v) is 1.67. The third-order valence-corrected chi connectivity index (χ3v) is 2.69. The van der Waals surface area contributed by atoms with Gasteiger partial charge in [-0.1, -0.05) is 18.2 Å². The van der Waals surface area contributed by atoms with E-state index in [0.29, 0.717) is 6.61 Å². The van der Waals surface area contributed by atoms with Gasteiger partial charge in [0.15, 0.2) is 0 Å². The van der Waals surface area contributed by atoms with E-state index >= 15 is 0 Å². The molecule has 1 heterocycles. The molecule has 0 saturated heterocycles. The monoisotopic (exact) mass is 231 g/mol. The summed E-state index contributed by atoms with van der Waals surface area (Å²) >= 11 is 0. The van der Waals surface area contributed by atoms with Crippen molar-refractivity contribution < 1.29 is 4.74 Å². The number of aromatic nitrogens is 2. The van der Waals surface area contributed by atoms with Gasteiger partial charge in [0.25, 0.3) is 0 Å². The van der Waals surface area contributed by atoms with Gasteiger partial charge < -0.3 is 15.0 Å². The summed E-state index contributed by atoms with van der Waals surface area (Å²) in [4.78, 5) is 4.21. The van der Waals surface area contributed by atoms with Crippen LogP contribution in [0.3, 0.4) is 0 Å². The number of rotatable bonds is 4. The standard InChI is InChI=1S/C13H17N3O/c1-10(14)11-5-3-4-6-12(11)17-9-13-15-7-8-16(13)2/h3-8,10H,9,14H2,1-2H3/t10-/m0/s1. The topological polar surface area (TPSA) is 53.1 Å². The van der Waals surface area contributed by atoms with Crippen molar-refractivity contribution in [3.8, 4) is 5.75 Å². The van der Waals surface area contributed by atoms with Crippen LogP contribution in [0, 0.1) is 0 Å². The molecular formula is C13H17N3O. The summed E-state index contributed by atoms with van der Waals surface area (Å²) in [6, 6.07) is 7.79. The summed E-state index contributed by atoms with van der Waals surface area (Å²) in [5, 5.41) is 0. The van der Waals surface area contributed by atoms with E-state index in [2.05, 4.69) is 4.98 Å². The predicted molar refractivity (Wildman–Crippen MR) is 66.6 cm³/mol. The quantitative estimate of drug-likeness (QED) is 0.875. The molecule has 90 valence electrons. The number of aryl methyl sites for hydroxylation is 1. The highest BCUT2D eigenvalue weighted by molar-refractivity contribution is 5.35. The lowest BCUT2D eigenvalue weighted by Gasteiger charge is -2.13. The number of hydrogen-bond acceptors (Lipinski definition) is 3. The van der Waals surface area contributed by atoms with Gasteiger partial charge >= 0.3 is 0 Å². The largest absolute Gasteiger partial charge is 0.485 e. The third-order valence-electron chi connectivity index (χ3n) is 2.69. The van der Waals surface area contributed by atoms with Crippen LogP contribution in [-0.4, -0.2) is 9.55 Å².